The molecule has 1 saturated heterocycles. The van der Waals surface area contributed by atoms with Gasteiger partial charge in [-0.05, 0) is 43.2 Å². The summed E-state index contributed by atoms with van der Waals surface area (Å²) >= 11 is 14.1. The second-order valence-electron chi connectivity index (χ2n) is 6.05. The molecule has 2 aromatic carbocycles. The van der Waals surface area contributed by atoms with E-state index in [1.54, 1.807) is 17.8 Å². The quantitative estimate of drug-likeness (QED) is 0.524. The van der Waals surface area contributed by atoms with E-state index in [-0.39, 0.29) is 6.10 Å². The van der Waals surface area contributed by atoms with Crippen molar-refractivity contribution in [2.75, 3.05) is 12.4 Å². The van der Waals surface area contributed by atoms with Gasteiger partial charge in [-0.2, -0.15) is 0 Å². The number of nitrogens with zero attached hydrogens (tertiary/aromatic N) is 3. The minimum absolute atomic E-state index is 0.281. The van der Waals surface area contributed by atoms with Crippen LogP contribution in [-0.2, 0) is 4.74 Å². The highest BCUT2D eigenvalue weighted by molar-refractivity contribution is 7.99. The van der Waals surface area contributed by atoms with Crippen LogP contribution < -0.4 is 0 Å². The second-order valence-corrected chi connectivity index (χ2v) is 7.88. The van der Waals surface area contributed by atoms with Crippen LogP contribution in [0.1, 0.15) is 12.8 Å². The summed E-state index contributed by atoms with van der Waals surface area (Å²) in [5.74, 6) is 1.56. The summed E-state index contributed by atoms with van der Waals surface area (Å²) in [4.78, 5) is 0. The van der Waals surface area contributed by atoms with Crippen LogP contribution in [-0.4, -0.2) is 33.2 Å². The smallest absolute Gasteiger partial charge is 0.196 e. The molecule has 0 amide bonds. The zero-order valence-electron chi connectivity index (χ0n) is 13.9. The van der Waals surface area contributed by atoms with Gasteiger partial charge in [0.05, 0.1) is 11.1 Å². The van der Waals surface area contributed by atoms with E-state index in [0.29, 0.717) is 15.9 Å². The maximum absolute atomic E-state index is 6.42. The van der Waals surface area contributed by atoms with Crippen molar-refractivity contribution >= 4 is 35.0 Å². The largest absolute Gasteiger partial charge is 0.377 e. The maximum Gasteiger partial charge on any atom is 0.196 e. The molecule has 1 aliphatic rings. The molecule has 2 heterocycles. The first-order chi connectivity index (χ1) is 12.7. The zero-order valence-corrected chi connectivity index (χ0v) is 16.3. The molecule has 26 heavy (non-hydrogen) atoms. The predicted molar refractivity (Wildman–Crippen MR) is 107 cm³/mol. The minimum Gasteiger partial charge on any atom is -0.377 e. The third-order valence-electron chi connectivity index (χ3n) is 4.24. The topological polar surface area (TPSA) is 39.9 Å². The highest BCUT2D eigenvalue weighted by atomic mass is 35.5. The van der Waals surface area contributed by atoms with E-state index in [4.69, 9.17) is 27.9 Å². The van der Waals surface area contributed by atoms with Gasteiger partial charge in [0.15, 0.2) is 11.0 Å². The lowest BCUT2D eigenvalue weighted by molar-refractivity contribution is 0.129. The second kappa shape index (κ2) is 8.01. The average molecular weight is 406 g/mol. The van der Waals surface area contributed by atoms with Gasteiger partial charge in [-0.25, -0.2) is 0 Å². The Morgan fingerprint density at radius 3 is 2.69 bits per heavy atom. The molecule has 7 heteroatoms. The Morgan fingerprint density at radius 2 is 1.96 bits per heavy atom. The van der Waals surface area contributed by atoms with Crippen molar-refractivity contribution in [1.29, 1.82) is 0 Å². The van der Waals surface area contributed by atoms with E-state index >= 15 is 0 Å². The fraction of sp³-hybridized carbons (Fsp3) is 0.263. The van der Waals surface area contributed by atoms with E-state index in [1.807, 2.05) is 47.0 Å². The van der Waals surface area contributed by atoms with Gasteiger partial charge < -0.3 is 4.74 Å². The average Bonchev–Trinajstić information content (AvgIpc) is 3.30. The van der Waals surface area contributed by atoms with Gasteiger partial charge in [-0.1, -0.05) is 53.2 Å². The van der Waals surface area contributed by atoms with Crippen LogP contribution in [0.4, 0.5) is 0 Å². The summed E-state index contributed by atoms with van der Waals surface area (Å²) in [5, 5.41) is 10.8. The number of para-hydroxylation sites is 1. The molecule has 1 aromatic heterocycles. The van der Waals surface area contributed by atoms with Gasteiger partial charge in [-0.3, -0.25) is 4.57 Å². The van der Waals surface area contributed by atoms with Gasteiger partial charge in [-0.15, -0.1) is 10.2 Å². The Balaban J connectivity index is 1.74. The van der Waals surface area contributed by atoms with E-state index < -0.39 is 0 Å². The molecule has 0 saturated carbocycles. The highest BCUT2D eigenvalue weighted by Crippen LogP contribution is 2.34. The number of aromatic nitrogens is 3. The monoisotopic (exact) mass is 405 g/mol. The summed E-state index contributed by atoms with van der Waals surface area (Å²) in [6.07, 6.45) is 2.51. The summed E-state index contributed by atoms with van der Waals surface area (Å²) < 4.78 is 7.77. The van der Waals surface area contributed by atoms with E-state index in [9.17, 15) is 0 Å². The molecule has 1 fully saturated rings. The highest BCUT2D eigenvalue weighted by Gasteiger charge is 2.21. The number of benzene rings is 2. The normalized spacial score (nSPS) is 16.9. The molecule has 4 nitrogen and oxygen atoms in total. The molecule has 1 atom stereocenters. The lowest BCUT2D eigenvalue weighted by Gasteiger charge is -2.12. The fourth-order valence-electron chi connectivity index (χ4n) is 2.96. The predicted octanol–water partition coefficient (Wildman–Crippen LogP) is 5.51. The van der Waals surface area contributed by atoms with Crippen LogP contribution in [0, 0.1) is 0 Å². The van der Waals surface area contributed by atoms with Crippen LogP contribution in [0.15, 0.2) is 53.7 Å². The van der Waals surface area contributed by atoms with Crippen LogP contribution in [0.2, 0.25) is 10.0 Å². The molecular weight excluding hydrogens is 389 g/mol. The van der Waals surface area contributed by atoms with Crippen molar-refractivity contribution in [3.63, 3.8) is 0 Å². The fourth-order valence-corrected chi connectivity index (χ4v) is 4.47. The third-order valence-corrected chi connectivity index (χ3v) is 5.85. The number of ether oxygens (including phenoxy) is 1. The molecular formula is C19H17Cl2N3OS. The van der Waals surface area contributed by atoms with Crippen LogP contribution in [0.5, 0.6) is 0 Å². The van der Waals surface area contributed by atoms with Crippen molar-refractivity contribution in [1.82, 2.24) is 14.8 Å². The van der Waals surface area contributed by atoms with Crippen molar-refractivity contribution < 1.29 is 4.74 Å². The van der Waals surface area contributed by atoms with E-state index in [1.165, 1.54) is 0 Å². The Hall–Kier alpha value is -1.53. The van der Waals surface area contributed by atoms with E-state index in [0.717, 1.165) is 41.6 Å². The maximum atomic E-state index is 6.42. The summed E-state index contributed by atoms with van der Waals surface area (Å²) in [5.41, 5.74) is 1.80. The van der Waals surface area contributed by atoms with Crippen molar-refractivity contribution in [2.45, 2.75) is 24.1 Å². The lowest BCUT2D eigenvalue weighted by Crippen LogP contribution is -2.09. The standard InChI is InChI=1S/C19H17Cl2N3OS/c20-13-8-9-16(17(21)11-13)18-22-23-19(26-12-15-7-4-10-25-15)24(18)14-5-2-1-3-6-14/h1-3,5-6,8-9,11,15H,4,7,10,12H2. The summed E-state index contributed by atoms with van der Waals surface area (Å²) in [6.45, 7) is 0.849. The van der Waals surface area contributed by atoms with Gasteiger partial charge in [0, 0.05) is 28.6 Å². The Bertz CT molecular complexity index is 895. The molecule has 3 aromatic rings. The number of hydrogen-bond donors (Lipinski definition) is 0. The van der Waals surface area contributed by atoms with Crippen LogP contribution >= 0.6 is 35.0 Å². The van der Waals surface area contributed by atoms with Crippen molar-refractivity contribution in [3.8, 4) is 17.1 Å². The Kier molecular flexibility index (Phi) is 5.50. The molecule has 1 aliphatic heterocycles. The van der Waals surface area contributed by atoms with Gasteiger partial charge in [0.25, 0.3) is 0 Å². The number of hydrogen-bond acceptors (Lipinski definition) is 4. The number of halogens is 2. The molecule has 0 radical (unpaired) electrons. The summed E-state index contributed by atoms with van der Waals surface area (Å²) in [6, 6.07) is 15.5. The summed E-state index contributed by atoms with van der Waals surface area (Å²) in [7, 11) is 0. The SMILES string of the molecule is Clc1ccc(-c2nnc(SCC3CCCO3)n2-c2ccccc2)c(Cl)c1. The first-order valence-corrected chi connectivity index (χ1v) is 10.2. The first-order valence-electron chi connectivity index (χ1n) is 8.43. The Labute approximate surface area is 166 Å². The number of thioether (sulfide) groups is 1. The lowest BCUT2D eigenvalue weighted by atomic mass is 10.2. The molecule has 0 spiro atoms. The molecule has 134 valence electrons. The van der Waals surface area contributed by atoms with Gasteiger partial charge >= 0.3 is 0 Å². The molecule has 0 N–H and O–H groups in total. The molecule has 1 unspecified atom stereocenters. The Morgan fingerprint density at radius 1 is 1.12 bits per heavy atom. The van der Waals surface area contributed by atoms with Crippen molar-refractivity contribution in [2.24, 2.45) is 0 Å². The molecule has 4 rings (SSSR count). The molecule has 0 bridgehead atoms. The zero-order chi connectivity index (χ0) is 17.9. The van der Waals surface area contributed by atoms with Gasteiger partial charge in [0.2, 0.25) is 0 Å². The first kappa shape index (κ1) is 17.9. The number of rotatable bonds is 5. The minimum atomic E-state index is 0.281. The van der Waals surface area contributed by atoms with Crippen LogP contribution in [0.25, 0.3) is 17.1 Å². The molecule has 0 aliphatic carbocycles. The van der Waals surface area contributed by atoms with Crippen molar-refractivity contribution in [3.05, 3.63) is 58.6 Å². The third kappa shape index (κ3) is 3.76. The van der Waals surface area contributed by atoms with Crippen LogP contribution in [0.3, 0.4) is 0 Å². The van der Waals surface area contributed by atoms with E-state index in [2.05, 4.69) is 10.2 Å². The van der Waals surface area contributed by atoms with Gasteiger partial charge in [0.1, 0.15) is 0 Å².